The number of rotatable bonds is 5. The first kappa shape index (κ1) is 16.2. The van der Waals surface area contributed by atoms with Gasteiger partial charge in [-0.25, -0.2) is 0 Å². The molecule has 0 aromatic carbocycles. The van der Waals surface area contributed by atoms with Crippen LogP contribution in [0.2, 0.25) is 0 Å². The Morgan fingerprint density at radius 1 is 1.41 bits per heavy atom. The van der Waals surface area contributed by atoms with E-state index in [2.05, 4.69) is 10.3 Å². The third-order valence-electron chi connectivity index (χ3n) is 3.81. The topological polar surface area (TPSA) is 91.8 Å². The van der Waals surface area contributed by atoms with Gasteiger partial charge >= 0.3 is 5.97 Å². The van der Waals surface area contributed by atoms with Crippen LogP contribution in [0.5, 0.6) is 0 Å². The van der Waals surface area contributed by atoms with Crippen LogP contribution in [0.1, 0.15) is 29.8 Å². The van der Waals surface area contributed by atoms with Crippen LogP contribution in [0.4, 0.5) is 5.69 Å². The highest BCUT2D eigenvalue weighted by atomic mass is 16.5. The monoisotopic (exact) mass is 307 g/mol. The van der Waals surface area contributed by atoms with E-state index in [4.69, 9.17) is 9.84 Å². The number of hydrogen-bond acceptors (Lipinski definition) is 5. The lowest BCUT2D eigenvalue weighted by atomic mass is 9.86. The van der Waals surface area contributed by atoms with Gasteiger partial charge in [-0.05, 0) is 25.0 Å². The Labute approximate surface area is 129 Å². The zero-order valence-corrected chi connectivity index (χ0v) is 12.8. The molecule has 7 heteroatoms. The van der Waals surface area contributed by atoms with E-state index in [0.717, 1.165) is 5.69 Å². The molecule has 22 heavy (non-hydrogen) atoms. The molecule has 1 aromatic rings. The molecule has 0 bridgehead atoms. The molecule has 0 aliphatic carbocycles. The average molecular weight is 307 g/mol. The first-order valence-corrected chi connectivity index (χ1v) is 7.17. The van der Waals surface area contributed by atoms with Gasteiger partial charge in [0.15, 0.2) is 0 Å². The SMILES string of the molecule is CN(C)c1ccnc(C(=O)NC2(CC(=O)O)CCOCC2)c1. The first-order chi connectivity index (χ1) is 10.4. The van der Waals surface area contributed by atoms with Crippen molar-refractivity contribution in [1.82, 2.24) is 10.3 Å². The van der Waals surface area contributed by atoms with Crippen LogP contribution < -0.4 is 10.2 Å². The van der Waals surface area contributed by atoms with E-state index in [0.29, 0.717) is 26.1 Å². The number of amides is 1. The number of carboxylic acids is 1. The summed E-state index contributed by atoms with van der Waals surface area (Å²) in [6.45, 7) is 0.886. The van der Waals surface area contributed by atoms with Crippen LogP contribution in [-0.4, -0.2) is 54.8 Å². The van der Waals surface area contributed by atoms with Gasteiger partial charge in [-0.3, -0.25) is 14.6 Å². The molecule has 0 unspecified atom stereocenters. The summed E-state index contributed by atoms with van der Waals surface area (Å²) in [6, 6.07) is 3.49. The minimum Gasteiger partial charge on any atom is -0.481 e. The van der Waals surface area contributed by atoms with E-state index in [1.165, 1.54) is 0 Å². The molecule has 120 valence electrons. The van der Waals surface area contributed by atoms with Gasteiger partial charge < -0.3 is 20.1 Å². The predicted octanol–water partition coefficient (Wildman–Crippen LogP) is 0.901. The third-order valence-corrected chi connectivity index (χ3v) is 3.81. The summed E-state index contributed by atoms with van der Waals surface area (Å²) in [5.74, 6) is -1.29. The minimum atomic E-state index is -0.933. The Morgan fingerprint density at radius 3 is 2.68 bits per heavy atom. The van der Waals surface area contributed by atoms with Crippen molar-refractivity contribution in [2.24, 2.45) is 0 Å². The van der Waals surface area contributed by atoms with E-state index >= 15 is 0 Å². The zero-order valence-electron chi connectivity index (χ0n) is 12.8. The molecule has 1 amide bonds. The number of aliphatic carboxylic acids is 1. The van der Waals surface area contributed by atoms with Crippen LogP contribution >= 0.6 is 0 Å². The van der Waals surface area contributed by atoms with Gasteiger partial charge in [0.25, 0.3) is 5.91 Å². The van der Waals surface area contributed by atoms with E-state index in [-0.39, 0.29) is 18.0 Å². The number of hydrogen-bond donors (Lipinski definition) is 2. The van der Waals surface area contributed by atoms with Crippen LogP contribution in [0.25, 0.3) is 0 Å². The van der Waals surface area contributed by atoms with Gasteiger partial charge in [0, 0.05) is 39.2 Å². The standard InChI is InChI=1S/C15H21N3O4/c1-18(2)11-3-6-16-12(9-11)14(21)17-15(10-13(19)20)4-7-22-8-5-15/h3,6,9H,4-5,7-8,10H2,1-2H3,(H,17,21)(H,19,20). The van der Waals surface area contributed by atoms with Gasteiger partial charge in [-0.15, -0.1) is 0 Å². The van der Waals surface area contributed by atoms with Gasteiger partial charge in [-0.1, -0.05) is 0 Å². The second kappa shape index (κ2) is 6.74. The Kier molecular flexibility index (Phi) is 4.97. The number of nitrogens with one attached hydrogen (secondary N) is 1. The summed E-state index contributed by atoms with van der Waals surface area (Å²) in [7, 11) is 3.75. The molecule has 1 aromatic heterocycles. The number of pyridine rings is 1. The van der Waals surface area contributed by atoms with Crippen LogP contribution in [0.3, 0.4) is 0 Å². The Bertz CT molecular complexity index is 553. The van der Waals surface area contributed by atoms with Crippen molar-refractivity contribution in [1.29, 1.82) is 0 Å². The molecule has 0 atom stereocenters. The fourth-order valence-electron chi connectivity index (χ4n) is 2.52. The maximum Gasteiger partial charge on any atom is 0.305 e. The summed E-state index contributed by atoms with van der Waals surface area (Å²) < 4.78 is 5.28. The molecular formula is C15H21N3O4. The van der Waals surface area contributed by atoms with E-state index in [1.54, 1.807) is 18.3 Å². The number of ether oxygens (including phenoxy) is 1. The minimum absolute atomic E-state index is 0.116. The fourth-order valence-corrected chi connectivity index (χ4v) is 2.52. The molecule has 1 fully saturated rings. The Morgan fingerprint density at radius 2 is 2.09 bits per heavy atom. The quantitative estimate of drug-likeness (QED) is 0.840. The Balaban J connectivity index is 2.17. The van der Waals surface area contributed by atoms with Gasteiger partial charge in [0.2, 0.25) is 0 Å². The number of anilines is 1. The molecule has 2 rings (SSSR count). The summed E-state index contributed by atoms with van der Waals surface area (Å²) in [5.41, 5.74) is 0.374. The number of nitrogens with zero attached hydrogens (tertiary/aromatic N) is 2. The molecule has 1 aliphatic rings. The van der Waals surface area contributed by atoms with Crippen molar-refractivity contribution in [2.45, 2.75) is 24.8 Å². The molecule has 2 heterocycles. The van der Waals surface area contributed by atoms with E-state index < -0.39 is 11.5 Å². The molecule has 2 N–H and O–H groups in total. The van der Waals surface area contributed by atoms with Gasteiger partial charge in [0.05, 0.1) is 12.0 Å². The van der Waals surface area contributed by atoms with Crippen molar-refractivity contribution >= 4 is 17.6 Å². The molecule has 0 saturated carbocycles. The van der Waals surface area contributed by atoms with Crippen molar-refractivity contribution in [3.05, 3.63) is 24.0 Å². The van der Waals surface area contributed by atoms with Crippen molar-refractivity contribution in [3.63, 3.8) is 0 Å². The van der Waals surface area contributed by atoms with E-state index in [1.807, 2.05) is 19.0 Å². The van der Waals surface area contributed by atoms with Crippen molar-refractivity contribution in [2.75, 3.05) is 32.2 Å². The van der Waals surface area contributed by atoms with Crippen LogP contribution in [0.15, 0.2) is 18.3 Å². The smallest absolute Gasteiger partial charge is 0.305 e. The van der Waals surface area contributed by atoms with Crippen molar-refractivity contribution < 1.29 is 19.4 Å². The molecular weight excluding hydrogens is 286 g/mol. The molecule has 1 aliphatic heterocycles. The summed E-state index contributed by atoms with van der Waals surface area (Å²) in [6.07, 6.45) is 2.42. The molecule has 0 radical (unpaired) electrons. The number of carbonyl (C=O) groups is 2. The van der Waals surface area contributed by atoms with Crippen LogP contribution in [-0.2, 0) is 9.53 Å². The van der Waals surface area contributed by atoms with E-state index in [9.17, 15) is 9.59 Å². The molecule has 7 nitrogen and oxygen atoms in total. The lowest BCUT2D eigenvalue weighted by Gasteiger charge is -2.36. The largest absolute Gasteiger partial charge is 0.481 e. The van der Waals surface area contributed by atoms with Gasteiger partial charge in [-0.2, -0.15) is 0 Å². The third kappa shape index (κ3) is 3.94. The summed E-state index contributed by atoms with van der Waals surface area (Å²) in [4.78, 5) is 29.5. The van der Waals surface area contributed by atoms with Crippen LogP contribution in [0, 0.1) is 0 Å². The summed E-state index contributed by atoms with van der Waals surface area (Å²) in [5, 5.41) is 12.0. The zero-order chi connectivity index (χ0) is 16.2. The molecule has 1 saturated heterocycles. The lowest BCUT2D eigenvalue weighted by molar-refractivity contribution is -0.139. The number of carboxylic acid groups (broad SMARTS) is 1. The maximum atomic E-state index is 12.4. The number of aromatic nitrogens is 1. The Hall–Kier alpha value is -2.15. The highest BCUT2D eigenvalue weighted by Gasteiger charge is 2.36. The second-order valence-corrected chi connectivity index (χ2v) is 5.71. The second-order valence-electron chi connectivity index (χ2n) is 5.71. The molecule has 0 spiro atoms. The average Bonchev–Trinajstić information content (AvgIpc) is 2.47. The fraction of sp³-hybridized carbons (Fsp3) is 0.533. The maximum absolute atomic E-state index is 12.4. The normalized spacial score (nSPS) is 16.8. The first-order valence-electron chi connectivity index (χ1n) is 7.17. The van der Waals surface area contributed by atoms with Crippen molar-refractivity contribution in [3.8, 4) is 0 Å². The highest BCUT2D eigenvalue weighted by molar-refractivity contribution is 5.94. The highest BCUT2D eigenvalue weighted by Crippen LogP contribution is 2.25. The predicted molar refractivity (Wildman–Crippen MR) is 81.1 cm³/mol. The van der Waals surface area contributed by atoms with Gasteiger partial charge in [0.1, 0.15) is 5.69 Å². The number of carbonyl (C=O) groups excluding carboxylic acids is 1. The lowest BCUT2D eigenvalue weighted by Crippen LogP contribution is -2.53. The summed E-state index contributed by atoms with van der Waals surface area (Å²) >= 11 is 0.